The van der Waals surface area contributed by atoms with Crippen LogP contribution in [0.25, 0.3) is 0 Å². The number of ether oxygens (including phenoxy) is 1. The lowest BCUT2D eigenvalue weighted by Gasteiger charge is -2.09. The number of halogens is 4. The fourth-order valence-electron chi connectivity index (χ4n) is 1.32. The summed E-state index contributed by atoms with van der Waals surface area (Å²) in [5.74, 6) is -1.95. The Bertz CT molecular complexity index is 580. The lowest BCUT2D eigenvalue weighted by Crippen LogP contribution is -1.96. The van der Waals surface area contributed by atoms with Crippen LogP contribution in [0.1, 0.15) is 5.56 Å². The van der Waals surface area contributed by atoms with Crippen molar-refractivity contribution in [1.29, 1.82) is 0 Å². The Morgan fingerprint density at radius 1 is 1.33 bits per heavy atom. The van der Waals surface area contributed by atoms with E-state index in [-0.39, 0.29) is 17.5 Å². The van der Waals surface area contributed by atoms with E-state index in [2.05, 4.69) is 20.9 Å². The van der Waals surface area contributed by atoms with E-state index in [0.717, 1.165) is 10.5 Å². The molecule has 0 fully saturated rings. The van der Waals surface area contributed by atoms with Gasteiger partial charge in [-0.15, -0.1) is 11.6 Å². The van der Waals surface area contributed by atoms with Gasteiger partial charge in [0.1, 0.15) is 0 Å². The van der Waals surface area contributed by atoms with Crippen LogP contribution in [0.5, 0.6) is 11.6 Å². The molecule has 0 saturated carbocycles. The minimum Gasteiger partial charge on any atom is -0.435 e. The van der Waals surface area contributed by atoms with Gasteiger partial charge in [-0.3, -0.25) is 0 Å². The second kappa shape index (κ2) is 5.63. The number of rotatable bonds is 3. The van der Waals surface area contributed by atoms with Gasteiger partial charge in [0.05, 0.1) is 5.88 Å². The van der Waals surface area contributed by atoms with Crippen molar-refractivity contribution in [3.05, 3.63) is 52.1 Å². The number of hydrogen-bond donors (Lipinski definition) is 0. The molecule has 18 heavy (non-hydrogen) atoms. The molecular weight excluding hydrogens is 327 g/mol. The summed E-state index contributed by atoms with van der Waals surface area (Å²) < 4.78 is 32.4. The lowest BCUT2D eigenvalue weighted by atomic mass is 10.3. The monoisotopic (exact) mass is 333 g/mol. The third-order valence-electron chi connectivity index (χ3n) is 2.16. The Hall–Kier alpha value is -1.20. The van der Waals surface area contributed by atoms with Gasteiger partial charge in [0.15, 0.2) is 11.6 Å². The van der Waals surface area contributed by atoms with Crippen molar-refractivity contribution in [2.45, 2.75) is 5.88 Å². The predicted octanol–water partition coefficient (Wildman–Crippen LogP) is 4.65. The van der Waals surface area contributed by atoms with Crippen LogP contribution in [0, 0.1) is 11.6 Å². The Kier molecular flexibility index (Phi) is 4.14. The summed E-state index contributed by atoms with van der Waals surface area (Å²) in [4.78, 5) is 3.97. The van der Waals surface area contributed by atoms with Crippen LogP contribution in [-0.2, 0) is 5.88 Å². The van der Waals surface area contributed by atoms with Crippen molar-refractivity contribution < 1.29 is 13.5 Å². The van der Waals surface area contributed by atoms with Crippen molar-refractivity contribution in [2.75, 3.05) is 0 Å². The van der Waals surface area contributed by atoms with Crippen molar-refractivity contribution in [3.63, 3.8) is 0 Å². The topological polar surface area (TPSA) is 22.1 Å². The fourth-order valence-corrected chi connectivity index (χ4v) is 1.89. The summed E-state index contributed by atoms with van der Waals surface area (Å²) >= 11 is 8.97. The number of aromatic nitrogens is 1. The van der Waals surface area contributed by atoms with Crippen molar-refractivity contribution in [1.82, 2.24) is 4.98 Å². The third-order valence-corrected chi connectivity index (χ3v) is 2.88. The highest BCUT2D eigenvalue weighted by molar-refractivity contribution is 9.10. The van der Waals surface area contributed by atoms with Crippen LogP contribution in [0.3, 0.4) is 0 Å². The van der Waals surface area contributed by atoms with Gasteiger partial charge in [0.25, 0.3) is 0 Å². The number of alkyl halides is 1. The zero-order chi connectivity index (χ0) is 13.1. The van der Waals surface area contributed by atoms with Gasteiger partial charge in [0.2, 0.25) is 11.7 Å². The molecule has 0 radical (unpaired) electrons. The highest BCUT2D eigenvalue weighted by Crippen LogP contribution is 2.29. The molecule has 0 saturated heterocycles. The van der Waals surface area contributed by atoms with Gasteiger partial charge in [-0.25, -0.2) is 9.37 Å². The Morgan fingerprint density at radius 3 is 2.83 bits per heavy atom. The molecule has 2 aromatic rings. The zero-order valence-electron chi connectivity index (χ0n) is 8.96. The normalized spacial score (nSPS) is 10.4. The van der Waals surface area contributed by atoms with Crippen molar-refractivity contribution in [3.8, 4) is 11.6 Å². The van der Waals surface area contributed by atoms with Gasteiger partial charge < -0.3 is 4.74 Å². The minimum absolute atomic E-state index is 0.151. The van der Waals surface area contributed by atoms with E-state index in [1.54, 1.807) is 6.07 Å². The molecule has 0 amide bonds. The minimum atomic E-state index is -1.05. The molecule has 2 rings (SSSR count). The SMILES string of the molecule is Fc1cccc(Oc2ncc(Br)cc2CCl)c1F. The van der Waals surface area contributed by atoms with Crippen LogP contribution < -0.4 is 4.74 Å². The van der Waals surface area contributed by atoms with Crippen molar-refractivity contribution >= 4 is 27.5 Å². The Labute approximate surface area is 116 Å². The van der Waals surface area contributed by atoms with E-state index in [0.29, 0.717) is 5.56 Å². The average Bonchev–Trinajstić information content (AvgIpc) is 2.37. The largest absolute Gasteiger partial charge is 0.435 e. The van der Waals surface area contributed by atoms with Crippen LogP contribution in [0.2, 0.25) is 0 Å². The second-order valence-corrected chi connectivity index (χ2v) is 4.59. The molecule has 94 valence electrons. The zero-order valence-corrected chi connectivity index (χ0v) is 11.3. The smallest absolute Gasteiger partial charge is 0.223 e. The van der Waals surface area contributed by atoms with Crippen LogP contribution in [0.4, 0.5) is 8.78 Å². The molecule has 0 atom stereocenters. The van der Waals surface area contributed by atoms with Crippen LogP contribution in [-0.4, -0.2) is 4.98 Å². The van der Waals surface area contributed by atoms with Gasteiger partial charge in [-0.1, -0.05) is 6.07 Å². The Balaban J connectivity index is 2.37. The molecule has 1 heterocycles. The molecule has 1 aromatic carbocycles. The molecule has 0 N–H and O–H groups in total. The van der Waals surface area contributed by atoms with Crippen molar-refractivity contribution in [2.24, 2.45) is 0 Å². The highest BCUT2D eigenvalue weighted by Gasteiger charge is 2.13. The standard InChI is InChI=1S/C12H7BrClF2NO/c13-8-4-7(5-14)12(17-6-8)18-10-3-1-2-9(15)11(10)16/h1-4,6H,5H2. The maximum atomic E-state index is 13.4. The van der Waals surface area contributed by atoms with Gasteiger partial charge in [0, 0.05) is 16.2 Å². The molecule has 0 unspecified atom stereocenters. The molecule has 6 heteroatoms. The molecule has 0 aliphatic carbocycles. The summed E-state index contributed by atoms with van der Waals surface area (Å²) in [7, 11) is 0. The first-order valence-electron chi connectivity index (χ1n) is 4.94. The van der Waals surface area contributed by atoms with E-state index in [1.807, 2.05) is 0 Å². The summed E-state index contributed by atoms with van der Waals surface area (Å²) in [6.07, 6.45) is 1.49. The molecule has 0 spiro atoms. The summed E-state index contributed by atoms with van der Waals surface area (Å²) in [5.41, 5.74) is 0.578. The maximum Gasteiger partial charge on any atom is 0.223 e. The van der Waals surface area contributed by atoms with E-state index in [9.17, 15) is 8.78 Å². The maximum absolute atomic E-state index is 13.4. The molecule has 2 nitrogen and oxygen atoms in total. The quantitative estimate of drug-likeness (QED) is 0.762. The molecule has 0 bridgehead atoms. The summed E-state index contributed by atoms with van der Waals surface area (Å²) in [5, 5.41) is 0. The molecule has 0 aliphatic rings. The van der Waals surface area contributed by atoms with E-state index in [1.165, 1.54) is 18.3 Å². The fraction of sp³-hybridized carbons (Fsp3) is 0.0833. The second-order valence-electron chi connectivity index (χ2n) is 3.41. The number of hydrogen-bond acceptors (Lipinski definition) is 2. The van der Waals surface area contributed by atoms with Crippen LogP contribution in [0.15, 0.2) is 34.9 Å². The van der Waals surface area contributed by atoms with Gasteiger partial charge >= 0.3 is 0 Å². The van der Waals surface area contributed by atoms with Gasteiger partial charge in [-0.05, 0) is 34.1 Å². The van der Waals surface area contributed by atoms with E-state index in [4.69, 9.17) is 16.3 Å². The van der Waals surface area contributed by atoms with E-state index < -0.39 is 11.6 Å². The molecule has 0 aliphatic heterocycles. The first-order chi connectivity index (χ1) is 8.61. The third kappa shape index (κ3) is 2.79. The summed E-state index contributed by atoms with van der Waals surface area (Å²) in [6, 6.07) is 5.39. The highest BCUT2D eigenvalue weighted by atomic mass is 79.9. The predicted molar refractivity (Wildman–Crippen MR) is 67.9 cm³/mol. The van der Waals surface area contributed by atoms with Gasteiger partial charge in [-0.2, -0.15) is 4.39 Å². The average molecular weight is 335 g/mol. The lowest BCUT2D eigenvalue weighted by molar-refractivity contribution is 0.403. The Morgan fingerprint density at radius 2 is 2.11 bits per heavy atom. The molecular formula is C12H7BrClF2NO. The van der Waals surface area contributed by atoms with E-state index >= 15 is 0 Å². The first kappa shape index (κ1) is 13.2. The number of nitrogens with zero attached hydrogens (tertiary/aromatic N) is 1. The number of benzene rings is 1. The number of pyridine rings is 1. The first-order valence-corrected chi connectivity index (χ1v) is 6.27. The van der Waals surface area contributed by atoms with Crippen LogP contribution >= 0.6 is 27.5 Å². The summed E-state index contributed by atoms with van der Waals surface area (Å²) in [6.45, 7) is 0. The molecule has 1 aromatic heterocycles.